The van der Waals surface area contributed by atoms with Gasteiger partial charge >= 0.3 is 13.8 Å². The predicted molar refractivity (Wildman–Crippen MR) is 49.5 cm³/mol. The Morgan fingerprint density at radius 3 is 1.94 bits per heavy atom. The van der Waals surface area contributed by atoms with Crippen molar-refractivity contribution in [2.75, 3.05) is 6.61 Å². The molecule has 0 aromatic carbocycles. The minimum atomic E-state index is -4.64. The van der Waals surface area contributed by atoms with E-state index in [9.17, 15) is 4.79 Å². The van der Waals surface area contributed by atoms with Crippen LogP contribution in [0.25, 0.3) is 0 Å². The van der Waals surface area contributed by atoms with Gasteiger partial charge in [0.25, 0.3) is 0 Å². The Morgan fingerprint density at radius 1 is 1.29 bits per heavy atom. The minimum Gasteiger partial charge on any atom is -0.505 e. The summed E-state index contributed by atoms with van der Waals surface area (Å²) in [5.74, 6) is -2.78. The molecule has 0 fully saturated rings. The zero-order valence-electron chi connectivity index (χ0n) is 8.16. The molecular weight excluding hydrogens is 263 g/mol. The van der Waals surface area contributed by atoms with Gasteiger partial charge in [-0.1, -0.05) is 0 Å². The Balaban J connectivity index is 0.000000437. The van der Waals surface area contributed by atoms with Crippen molar-refractivity contribution >= 4 is 13.8 Å². The molecule has 0 spiro atoms. The van der Waals surface area contributed by atoms with E-state index in [1.807, 2.05) is 0 Å². The highest BCUT2D eigenvalue weighted by Crippen LogP contribution is 2.25. The first-order chi connectivity index (χ1) is 7.57. The summed E-state index contributed by atoms with van der Waals surface area (Å²) in [7, 11) is -4.64. The fourth-order valence-electron chi connectivity index (χ4n) is 0.823. The van der Waals surface area contributed by atoms with Crippen molar-refractivity contribution in [3.8, 4) is 0 Å². The number of hydrogen-bond acceptors (Lipinski definition) is 7. The third-order valence-electron chi connectivity index (χ3n) is 1.48. The normalized spacial score (nSPS) is 21.7. The van der Waals surface area contributed by atoms with Crippen LogP contribution in [0.4, 0.5) is 0 Å². The second-order valence-corrected chi connectivity index (χ2v) is 3.85. The van der Waals surface area contributed by atoms with Crippen molar-refractivity contribution in [1.82, 2.24) is 0 Å². The van der Waals surface area contributed by atoms with E-state index in [1.165, 1.54) is 0 Å². The lowest BCUT2D eigenvalue weighted by Gasteiger charge is -2.13. The van der Waals surface area contributed by atoms with Gasteiger partial charge in [0.05, 0.1) is 6.61 Å². The highest BCUT2D eigenvalue weighted by atomic mass is 31.2. The summed E-state index contributed by atoms with van der Waals surface area (Å²) in [4.78, 5) is 32.1. The third kappa shape index (κ3) is 5.63. The SMILES string of the molecule is O=C1O[C@H](C(O)CO)C(O)=C1O.O=P(O)(O)O. The van der Waals surface area contributed by atoms with Crippen molar-refractivity contribution in [3.63, 3.8) is 0 Å². The lowest BCUT2D eigenvalue weighted by molar-refractivity contribution is -0.147. The molecule has 0 aliphatic carbocycles. The zero-order valence-corrected chi connectivity index (χ0v) is 9.06. The molecule has 1 unspecified atom stereocenters. The van der Waals surface area contributed by atoms with E-state index < -0.39 is 44.1 Å². The van der Waals surface area contributed by atoms with Crippen LogP contribution in [0.2, 0.25) is 0 Å². The van der Waals surface area contributed by atoms with Crippen LogP contribution < -0.4 is 0 Å². The molecule has 1 aliphatic heterocycles. The lowest BCUT2D eigenvalue weighted by Crippen LogP contribution is -2.31. The molecule has 11 heteroatoms. The van der Waals surface area contributed by atoms with E-state index in [4.69, 9.17) is 39.7 Å². The first-order valence-electron chi connectivity index (χ1n) is 3.98. The highest BCUT2D eigenvalue weighted by Gasteiger charge is 2.38. The molecule has 0 aromatic heterocycles. The summed E-state index contributed by atoms with van der Waals surface area (Å²) < 4.78 is 13.2. The number of cyclic esters (lactones) is 1. The zero-order chi connectivity index (χ0) is 13.8. The molecule has 0 bridgehead atoms. The summed E-state index contributed by atoms with van der Waals surface area (Å²) in [6.07, 6.45) is -2.78. The molecule has 1 rings (SSSR count). The maximum atomic E-state index is 10.5. The van der Waals surface area contributed by atoms with E-state index in [-0.39, 0.29) is 0 Å². The summed E-state index contributed by atoms with van der Waals surface area (Å²) in [6.45, 7) is -0.671. The average Bonchev–Trinajstić information content (AvgIpc) is 2.42. The van der Waals surface area contributed by atoms with E-state index in [0.29, 0.717) is 0 Å². The first-order valence-corrected chi connectivity index (χ1v) is 5.54. The third-order valence-corrected chi connectivity index (χ3v) is 1.48. The number of ether oxygens (including phenoxy) is 1. The first kappa shape index (κ1) is 15.8. The van der Waals surface area contributed by atoms with Crippen LogP contribution in [0.5, 0.6) is 0 Å². The fraction of sp³-hybridized carbons (Fsp3) is 0.500. The molecule has 2 atom stereocenters. The van der Waals surface area contributed by atoms with Gasteiger partial charge in [0.2, 0.25) is 5.76 Å². The van der Waals surface area contributed by atoms with Crippen LogP contribution in [0.3, 0.4) is 0 Å². The number of aliphatic hydroxyl groups is 4. The van der Waals surface area contributed by atoms with E-state index in [2.05, 4.69) is 4.74 Å². The molecule has 0 radical (unpaired) electrons. The quantitative estimate of drug-likeness (QED) is 0.212. The second-order valence-electron chi connectivity index (χ2n) is 2.82. The van der Waals surface area contributed by atoms with Crippen molar-refractivity contribution in [2.24, 2.45) is 0 Å². The molecule has 100 valence electrons. The maximum Gasteiger partial charge on any atom is 0.466 e. The lowest BCUT2D eigenvalue weighted by atomic mass is 10.2. The molecule has 0 aromatic rings. The van der Waals surface area contributed by atoms with E-state index in [1.54, 1.807) is 0 Å². The molecule has 7 N–H and O–H groups in total. The number of esters is 1. The summed E-state index contributed by atoms with van der Waals surface area (Å²) in [5.41, 5.74) is 0. The summed E-state index contributed by atoms with van der Waals surface area (Å²) >= 11 is 0. The van der Waals surface area contributed by atoms with Gasteiger partial charge in [0, 0.05) is 0 Å². The van der Waals surface area contributed by atoms with E-state index in [0.717, 1.165) is 0 Å². The standard InChI is InChI=1S/C6H8O6.H3O4P/c7-1-2(8)5-3(9)4(10)6(11)12-5;1-5(2,3)4/h2,5,7-10H,1H2;(H3,1,2,3,4)/t2?,5-;/m1./s1. The van der Waals surface area contributed by atoms with Crippen molar-refractivity contribution in [1.29, 1.82) is 0 Å². The van der Waals surface area contributed by atoms with Crippen LogP contribution in [-0.2, 0) is 14.1 Å². The number of carbonyl (C=O) groups is 1. The van der Waals surface area contributed by atoms with Crippen LogP contribution in [0, 0.1) is 0 Å². The molecule has 0 saturated carbocycles. The van der Waals surface area contributed by atoms with Gasteiger partial charge < -0.3 is 39.8 Å². The molecule has 17 heavy (non-hydrogen) atoms. The number of rotatable bonds is 2. The van der Waals surface area contributed by atoms with Crippen LogP contribution in [0.15, 0.2) is 11.5 Å². The minimum absolute atomic E-state index is 0.671. The average molecular weight is 274 g/mol. The Hall–Kier alpha value is -1.16. The maximum absolute atomic E-state index is 10.5. The van der Waals surface area contributed by atoms with Crippen molar-refractivity contribution < 1.29 is 49.2 Å². The van der Waals surface area contributed by atoms with E-state index >= 15 is 0 Å². The van der Waals surface area contributed by atoms with Gasteiger partial charge in [-0.05, 0) is 0 Å². The number of carbonyl (C=O) groups excluding carboxylic acids is 1. The molecule has 0 saturated heterocycles. The Morgan fingerprint density at radius 2 is 1.71 bits per heavy atom. The van der Waals surface area contributed by atoms with Gasteiger partial charge in [0.1, 0.15) is 6.10 Å². The van der Waals surface area contributed by atoms with Gasteiger partial charge in [-0.15, -0.1) is 0 Å². The summed E-state index contributed by atoms with van der Waals surface area (Å²) in [5, 5.41) is 35.0. The van der Waals surface area contributed by atoms with Crippen LogP contribution in [0.1, 0.15) is 0 Å². The molecule has 0 amide bonds. The molecule has 1 aliphatic rings. The monoisotopic (exact) mass is 274 g/mol. The summed E-state index contributed by atoms with van der Waals surface area (Å²) in [6, 6.07) is 0. The van der Waals surface area contributed by atoms with Gasteiger partial charge in [-0.3, -0.25) is 0 Å². The Labute approximate surface area is 94.3 Å². The Kier molecular flexibility index (Phi) is 5.55. The predicted octanol–water partition coefficient (Wildman–Crippen LogP) is -2.34. The van der Waals surface area contributed by atoms with Crippen LogP contribution >= 0.6 is 7.82 Å². The van der Waals surface area contributed by atoms with Gasteiger partial charge in [0.15, 0.2) is 11.9 Å². The van der Waals surface area contributed by atoms with Gasteiger partial charge in [-0.2, -0.15) is 0 Å². The highest BCUT2D eigenvalue weighted by molar-refractivity contribution is 7.45. The number of aliphatic hydroxyl groups excluding tert-OH is 4. The second kappa shape index (κ2) is 5.96. The number of hydrogen-bond donors (Lipinski definition) is 7. The van der Waals surface area contributed by atoms with Gasteiger partial charge in [-0.25, -0.2) is 9.36 Å². The largest absolute Gasteiger partial charge is 0.505 e. The smallest absolute Gasteiger partial charge is 0.466 e. The number of phosphoric acid groups is 1. The fourth-order valence-corrected chi connectivity index (χ4v) is 0.823. The molecule has 1 heterocycles. The molecule has 10 nitrogen and oxygen atoms in total. The van der Waals surface area contributed by atoms with Crippen molar-refractivity contribution in [3.05, 3.63) is 11.5 Å². The van der Waals surface area contributed by atoms with Crippen molar-refractivity contribution in [2.45, 2.75) is 12.2 Å². The Bertz CT molecular complexity index is 348. The topological polar surface area (TPSA) is 185 Å². The van der Waals surface area contributed by atoms with Crippen LogP contribution in [-0.4, -0.2) is 59.9 Å². The molecular formula is C6H11O10P.